The van der Waals surface area contributed by atoms with Crippen molar-refractivity contribution >= 4 is 22.6 Å². The highest BCUT2D eigenvalue weighted by Gasteiger charge is 2.09. The minimum Gasteiger partial charge on any atom is -0.497 e. The monoisotopic (exact) mass is 304 g/mol. The van der Waals surface area contributed by atoms with Gasteiger partial charge in [0.2, 0.25) is 0 Å². The molecule has 114 valence electrons. The number of aliphatic hydroxyl groups excluding tert-OH is 1. The van der Waals surface area contributed by atoms with Gasteiger partial charge in [0.1, 0.15) is 5.75 Å². The standard InChI is InChI=1S/C19H16N2O2/c1-23-16-8-13(6-14(9-16)12-22)7-15(10-20)18-11-21-19-5-3-2-4-17(18)19/h2-9,11,21-22H,12H2,1H3. The fourth-order valence-corrected chi connectivity index (χ4v) is 2.61. The topological polar surface area (TPSA) is 69.0 Å². The number of ether oxygens (including phenoxy) is 1. The highest BCUT2D eigenvalue weighted by atomic mass is 16.5. The summed E-state index contributed by atoms with van der Waals surface area (Å²) in [4.78, 5) is 3.18. The Bertz CT molecular complexity index is 894. The Morgan fingerprint density at radius 1 is 1.30 bits per heavy atom. The van der Waals surface area contributed by atoms with Crippen LogP contribution in [0.15, 0.2) is 48.7 Å². The summed E-state index contributed by atoms with van der Waals surface area (Å²) in [5.74, 6) is 0.652. The number of aromatic amines is 1. The predicted molar refractivity (Wildman–Crippen MR) is 90.7 cm³/mol. The van der Waals surface area contributed by atoms with Crippen LogP contribution < -0.4 is 4.74 Å². The number of hydrogen-bond acceptors (Lipinski definition) is 3. The van der Waals surface area contributed by atoms with E-state index in [9.17, 15) is 10.4 Å². The van der Waals surface area contributed by atoms with Gasteiger partial charge in [-0.15, -0.1) is 0 Å². The van der Waals surface area contributed by atoms with Crippen LogP contribution >= 0.6 is 0 Å². The van der Waals surface area contributed by atoms with E-state index in [2.05, 4.69) is 11.1 Å². The number of nitrogens with zero attached hydrogens (tertiary/aromatic N) is 1. The summed E-state index contributed by atoms with van der Waals surface area (Å²) in [6.07, 6.45) is 3.64. The third-order valence-electron chi connectivity index (χ3n) is 3.72. The van der Waals surface area contributed by atoms with Gasteiger partial charge in [0.15, 0.2) is 0 Å². The van der Waals surface area contributed by atoms with E-state index in [1.807, 2.05) is 42.6 Å². The normalized spacial score (nSPS) is 11.4. The van der Waals surface area contributed by atoms with Crippen molar-refractivity contribution in [1.82, 2.24) is 4.98 Å². The molecule has 2 aromatic carbocycles. The number of nitrogens with one attached hydrogen (secondary N) is 1. The van der Waals surface area contributed by atoms with Crippen molar-refractivity contribution < 1.29 is 9.84 Å². The first kappa shape index (κ1) is 14.9. The molecule has 1 aromatic heterocycles. The minimum atomic E-state index is -0.0764. The van der Waals surface area contributed by atoms with Crippen molar-refractivity contribution in [2.75, 3.05) is 7.11 Å². The molecule has 0 bridgehead atoms. The summed E-state index contributed by atoms with van der Waals surface area (Å²) in [5.41, 5.74) is 3.96. The molecule has 0 aliphatic heterocycles. The maximum Gasteiger partial charge on any atom is 0.119 e. The van der Waals surface area contributed by atoms with E-state index in [1.54, 1.807) is 19.3 Å². The second kappa shape index (κ2) is 6.39. The van der Waals surface area contributed by atoms with Gasteiger partial charge in [-0.1, -0.05) is 18.2 Å². The Morgan fingerprint density at radius 2 is 2.13 bits per heavy atom. The molecule has 0 radical (unpaired) electrons. The Labute approximate surface area is 134 Å². The first-order valence-electron chi connectivity index (χ1n) is 7.22. The van der Waals surface area contributed by atoms with Crippen molar-refractivity contribution in [3.05, 3.63) is 65.4 Å². The van der Waals surface area contributed by atoms with Gasteiger partial charge in [-0.3, -0.25) is 0 Å². The first-order valence-corrected chi connectivity index (χ1v) is 7.22. The van der Waals surface area contributed by atoms with Crippen molar-refractivity contribution in [3.63, 3.8) is 0 Å². The van der Waals surface area contributed by atoms with Crippen LogP contribution in [0.25, 0.3) is 22.6 Å². The van der Waals surface area contributed by atoms with Crippen LogP contribution in [0, 0.1) is 11.3 Å². The number of methoxy groups -OCH3 is 1. The maximum absolute atomic E-state index is 9.56. The van der Waals surface area contributed by atoms with Crippen molar-refractivity contribution in [2.45, 2.75) is 6.61 Å². The molecule has 0 saturated carbocycles. The van der Waals surface area contributed by atoms with Crippen LogP contribution in [0.2, 0.25) is 0 Å². The number of para-hydroxylation sites is 1. The smallest absolute Gasteiger partial charge is 0.119 e. The molecule has 4 nitrogen and oxygen atoms in total. The SMILES string of the molecule is COc1cc(C=C(C#N)c2c[nH]c3ccccc23)cc(CO)c1. The van der Waals surface area contributed by atoms with E-state index < -0.39 is 0 Å². The molecule has 0 aliphatic carbocycles. The molecule has 23 heavy (non-hydrogen) atoms. The Kier molecular flexibility index (Phi) is 4.13. The lowest BCUT2D eigenvalue weighted by molar-refractivity contribution is 0.281. The van der Waals surface area contributed by atoms with Gasteiger partial charge in [0.05, 0.1) is 25.4 Å². The number of aromatic nitrogens is 1. The van der Waals surface area contributed by atoms with Gasteiger partial charge in [0, 0.05) is 22.7 Å². The molecule has 0 atom stereocenters. The van der Waals surface area contributed by atoms with Gasteiger partial charge in [-0.05, 0) is 41.5 Å². The third-order valence-corrected chi connectivity index (χ3v) is 3.72. The van der Waals surface area contributed by atoms with E-state index in [0.717, 1.165) is 27.6 Å². The van der Waals surface area contributed by atoms with Crippen LogP contribution in [0.4, 0.5) is 0 Å². The van der Waals surface area contributed by atoms with E-state index in [-0.39, 0.29) is 6.61 Å². The number of H-pyrrole nitrogens is 1. The van der Waals surface area contributed by atoms with E-state index in [4.69, 9.17) is 4.74 Å². The van der Waals surface area contributed by atoms with Gasteiger partial charge >= 0.3 is 0 Å². The molecule has 4 heteroatoms. The molecule has 0 amide bonds. The predicted octanol–water partition coefficient (Wildman–Crippen LogP) is 3.73. The molecule has 1 heterocycles. The Hall–Kier alpha value is -3.03. The molecule has 0 fully saturated rings. The van der Waals surface area contributed by atoms with Crippen molar-refractivity contribution in [1.29, 1.82) is 5.26 Å². The number of hydrogen-bond donors (Lipinski definition) is 2. The van der Waals surface area contributed by atoms with Crippen molar-refractivity contribution in [3.8, 4) is 11.8 Å². The summed E-state index contributed by atoms with van der Waals surface area (Å²) in [5, 5.41) is 19.9. The fourth-order valence-electron chi connectivity index (χ4n) is 2.61. The van der Waals surface area contributed by atoms with Gasteiger partial charge in [-0.25, -0.2) is 0 Å². The molecule has 0 spiro atoms. The minimum absolute atomic E-state index is 0.0764. The first-order chi connectivity index (χ1) is 11.2. The molecular weight excluding hydrogens is 288 g/mol. The second-order valence-electron chi connectivity index (χ2n) is 5.19. The van der Waals surface area contributed by atoms with Crippen molar-refractivity contribution in [2.24, 2.45) is 0 Å². The second-order valence-corrected chi connectivity index (χ2v) is 5.19. The van der Waals surface area contributed by atoms with Crippen LogP contribution in [0.5, 0.6) is 5.75 Å². The Morgan fingerprint density at radius 3 is 2.87 bits per heavy atom. The van der Waals surface area contributed by atoms with Crippen LogP contribution in [0.1, 0.15) is 16.7 Å². The number of nitriles is 1. The van der Waals surface area contributed by atoms with E-state index >= 15 is 0 Å². The average Bonchev–Trinajstić information content (AvgIpc) is 3.03. The largest absolute Gasteiger partial charge is 0.497 e. The average molecular weight is 304 g/mol. The van der Waals surface area contributed by atoms with Crippen LogP contribution in [0.3, 0.4) is 0 Å². The Balaban J connectivity index is 2.11. The number of aliphatic hydroxyl groups is 1. The van der Waals surface area contributed by atoms with E-state index in [0.29, 0.717) is 11.3 Å². The lowest BCUT2D eigenvalue weighted by atomic mass is 10.0. The molecule has 0 saturated heterocycles. The van der Waals surface area contributed by atoms with Crippen LogP contribution in [-0.2, 0) is 6.61 Å². The quantitative estimate of drug-likeness (QED) is 0.722. The zero-order chi connectivity index (χ0) is 16.2. The molecule has 0 aliphatic rings. The maximum atomic E-state index is 9.56. The summed E-state index contributed by atoms with van der Waals surface area (Å²) in [6, 6.07) is 15.6. The van der Waals surface area contributed by atoms with Gasteiger partial charge in [0.25, 0.3) is 0 Å². The molecular formula is C19H16N2O2. The molecule has 0 unspecified atom stereocenters. The highest BCUT2D eigenvalue weighted by molar-refractivity contribution is 6.01. The zero-order valence-corrected chi connectivity index (χ0v) is 12.7. The lowest BCUT2D eigenvalue weighted by Gasteiger charge is -2.05. The lowest BCUT2D eigenvalue weighted by Crippen LogP contribution is -1.90. The number of benzene rings is 2. The molecule has 3 aromatic rings. The molecule has 3 rings (SSSR count). The number of allylic oxidation sites excluding steroid dienone is 1. The fraction of sp³-hybridized carbons (Fsp3) is 0.105. The highest BCUT2D eigenvalue weighted by Crippen LogP contribution is 2.27. The summed E-state index contributed by atoms with van der Waals surface area (Å²) >= 11 is 0. The summed E-state index contributed by atoms with van der Waals surface area (Å²) in [7, 11) is 1.58. The van der Waals surface area contributed by atoms with Crippen LogP contribution in [-0.4, -0.2) is 17.2 Å². The number of fused-ring (bicyclic) bond motifs is 1. The third kappa shape index (κ3) is 2.96. The molecule has 2 N–H and O–H groups in total. The van der Waals surface area contributed by atoms with Gasteiger partial charge in [-0.2, -0.15) is 5.26 Å². The van der Waals surface area contributed by atoms with Gasteiger partial charge < -0.3 is 14.8 Å². The zero-order valence-electron chi connectivity index (χ0n) is 12.7. The summed E-state index contributed by atoms with van der Waals surface area (Å²) < 4.78 is 5.24. The summed E-state index contributed by atoms with van der Waals surface area (Å²) in [6.45, 7) is -0.0764. The van der Waals surface area contributed by atoms with E-state index in [1.165, 1.54) is 0 Å². The number of rotatable bonds is 4.